The van der Waals surface area contributed by atoms with E-state index in [0.29, 0.717) is 0 Å². The number of hydrogen-bond donors (Lipinski definition) is 3. The molecule has 206 valence electrons. The van der Waals surface area contributed by atoms with Crippen molar-refractivity contribution in [2.45, 2.75) is 62.2 Å². The van der Waals surface area contributed by atoms with Crippen molar-refractivity contribution in [3.63, 3.8) is 0 Å². The van der Waals surface area contributed by atoms with E-state index in [1.807, 2.05) is 62.4 Å². The molecule has 2 spiro atoms. The van der Waals surface area contributed by atoms with Crippen molar-refractivity contribution < 1.29 is 14.4 Å². The standard InChI is InChI=1S/C11H10BrNO.C10H8BrNO.C10H10BrNO/c12-7-2-3-8-9(6-7)13-10(14)11(8)4-1-5-11;11-6-1-2-7-8(5-6)12-9(13)10(7)3-4-10;1-10(2)7-4-3-6(11)5-8(7)12-9(10)13/h2-3,6H,1,4-5H2,(H,13,14);1-2,5H,3-4H2,(H,12,13);3-5H,1-2H3,(H,12,13). The summed E-state index contributed by atoms with van der Waals surface area (Å²) in [6.07, 6.45) is 5.20. The number of rotatable bonds is 0. The molecule has 2 aliphatic carbocycles. The molecule has 2 fully saturated rings. The zero-order valence-electron chi connectivity index (χ0n) is 22.1. The lowest BCUT2D eigenvalue weighted by Gasteiger charge is -2.36. The van der Waals surface area contributed by atoms with Gasteiger partial charge in [-0.2, -0.15) is 0 Å². The molecule has 40 heavy (non-hydrogen) atoms. The summed E-state index contributed by atoms with van der Waals surface area (Å²) in [6, 6.07) is 18.0. The summed E-state index contributed by atoms with van der Waals surface area (Å²) in [5.41, 5.74) is 5.63. The van der Waals surface area contributed by atoms with Gasteiger partial charge in [0.1, 0.15) is 0 Å². The summed E-state index contributed by atoms with van der Waals surface area (Å²) < 4.78 is 3.03. The Morgan fingerprint density at radius 2 is 0.925 bits per heavy atom. The van der Waals surface area contributed by atoms with Gasteiger partial charge >= 0.3 is 0 Å². The van der Waals surface area contributed by atoms with E-state index >= 15 is 0 Å². The number of amides is 3. The maximum atomic E-state index is 11.8. The molecule has 0 aromatic heterocycles. The van der Waals surface area contributed by atoms with Crippen LogP contribution in [0.15, 0.2) is 68.0 Å². The fraction of sp³-hybridized carbons (Fsp3) is 0.323. The zero-order chi connectivity index (χ0) is 28.4. The van der Waals surface area contributed by atoms with Gasteiger partial charge in [0.2, 0.25) is 17.7 Å². The number of nitrogens with one attached hydrogen (secondary N) is 3. The molecule has 3 aromatic rings. The number of hydrogen-bond acceptors (Lipinski definition) is 3. The molecule has 0 bridgehead atoms. The van der Waals surface area contributed by atoms with Crippen molar-refractivity contribution in [2.75, 3.05) is 16.0 Å². The number of carbonyl (C=O) groups excluding carboxylic acids is 3. The van der Waals surface area contributed by atoms with Crippen LogP contribution in [0.5, 0.6) is 0 Å². The van der Waals surface area contributed by atoms with Crippen LogP contribution in [-0.2, 0) is 30.6 Å². The van der Waals surface area contributed by atoms with Gasteiger partial charge in [-0.05, 0) is 92.6 Å². The molecule has 3 amide bonds. The van der Waals surface area contributed by atoms with Crippen LogP contribution in [0.2, 0.25) is 0 Å². The second kappa shape index (κ2) is 9.81. The third kappa shape index (κ3) is 4.45. The Kier molecular flexibility index (Phi) is 6.78. The predicted molar refractivity (Wildman–Crippen MR) is 168 cm³/mol. The summed E-state index contributed by atoms with van der Waals surface area (Å²) in [5, 5.41) is 8.74. The molecular formula is C31H28Br3N3O3. The van der Waals surface area contributed by atoms with E-state index < -0.39 is 5.41 Å². The Hall–Kier alpha value is -2.49. The van der Waals surface area contributed by atoms with Crippen LogP contribution in [0.3, 0.4) is 0 Å². The average Bonchev–Trinajstić information content (AvgIpc) is 3.49. The molecule has 6 nitrogen and oxygen atoms in total. The summed E-state index contributed by atoms with van der Waals surface area (Å²) in [5.74, 6) is 0.443. The minimum Gasteiger partial charge on any atom is -0.325 e. The summed E-state index contributed by atoms with van der Waals surface area (Å²) in [4.78, 5) is 35.0. The highest BCUT2D eigenvalue weighted by Gasteiger charge is 2.56. The SMILES string of the molecule is CC1(C)C(=O)Nc2cc(Br)ccc21.O=C1Nc2cc(Br)ccc2C12CC2.O=C1Nc2cc(Br)ccc2C12CCC2. The van der Waals surface area contributed by atoms with Crippen LogP contribution in [-0.4, -0.2) is 17.7 Å². The third-order valence-corrected chi connectivity index (χ3v) is 10.3. The summed E-state index contributed by atoms with van der Waals surface area (Å²) in [7, 11) is 0. The molecule has 8 rings (SSSR count). The first kappa shape index (κ1) is 27.7. The second-order valence-electron chi connectivity index (χ2n) is 11.6. The fourth-order valence-corrected chi connectivity index (χ4v) is 7.10. The molecule has 3 N–H and O–H groups in total. The number of carbonyl (C=O) groups is 3. The molecule has 3 aliphatic heterocycles. The Morgan fingerprint density at radius 1 is 0.550 bits per heavy atom. The smallest absolute Gasteiger partial charge is 0.235 e. The molecule has 0 radical (unpaired) electrons. The topological polar surface area (TPSA) is 87.3 Å². The molecule has 5 aliphatic rings. The number of benzene rings is 3. The van der Waals surface area contributed by atoms with E-state index in [-0.39, 0.29) is 28.6 Å². The van der Waals surface area contributed by atoms with Crippen LogP contribution in [0.4, 0.5) is 17.1 Å². The van der Waals surface area contributed by atoms with E-state index in [0.717, 1.165) is 61.7 Å². The molecule has 2 saturated carbocycles. The van der Waals surface area contributed by atoms with Crippen LogP contribution in [0, 0.1) is 0 Å². The van der Waals surface area contributed by atoms with Gasteiger partial charge in [-0.3, -0.25) is 14.4 Å². The van der Waals surface area contributed by atoms with E-state index in [1.165, 1.54) is 17.5 Å². The van der Waals surface area contributed by atoms with Crippen molar-refractivity contribution in [3.05, 3.63) is 84.7 Å². The van der Waals surface area contributed by atoms with Crippen molar-refractivity contribution in [1.29, 1.82) is 0 Å². The predicted octanol–water partition coefficient (Wildman–Crippen LogP) is 7.93. The minimum absolute atomic E-state index is 0.0700. The number of fused-ring (bicyclic) bond motifs is 5. The van der Waals surface area contributed by atoms with Crippen LogP contribution >= 0.6 is 47.8 Å². The maximum absolute atomic E-state index is 11.8. The first-order valence-electron chi connectivity index (χ1n) is 13.3. The van der Waals surface area contributed by atoms with E-state index in [4.69, 9.17) is 0 Å². The van der Waals surface area contributed by atoms with Gasteiger partial charge in [0.15, 0.2) is 0 Å². The van der Waals surface area contributed by atoms with Gasteiger partial charge in [-0.15, -0.1) is 0 Å². The van der Waals surface area contributed by atoms with E-state index in [1.54, 1.807) is 0 Å². The summed E-state index contributed by atoms with van der Waals surface area (Å²) in [6.45, 7) is 3.87. The van der Waals surface area contributed by atoms with Gasteiger partial charge in [-0.1, -0.05) is 72.4 Å². The first-order valence-corrected chi connectivity index (χ1v) is 15.7. The van der Waals surface area contributed by atoms with Crippen LogP contribution in [0.25, 0.3) is 0 Å². The molecular weight excluding hydrogens is 702 g/mol. The Morgan fingerprint density at radius 3 is 1.32 bits per heavy atom. The largest absolute Gasteiger partial charge is 0.325 e. The van der Waals surface area contributed by atoms with Crippen molar-refractivity contribution >= 4 is 82.6 Å². The summed E-state index contributed by atoms with van der Waals surface area (Å²) >= 11 is 10.2. The molecule has 9 heteroatoms. The maximum Gasteiger partial charge on any atom is 0.235 e. The molecule has 0 atom stereocenters. The zero-order valence-corrected chi connectivity index (χ0v) is 26.8. The van der Waals surface area contributed by atoms with Crippen LogP contribution in [0.1, 0.15) is 62.6 Å². The quantitative estimate of drug-likeness (QED) is 0.220. The number of halogens is 3. The average molecular weight is 730 g/mol. The van der Waals surface area contributed by atoms with Gasteiger partial charge in [0.05, 0.1) is 16.2 Å². The molecule has 0 unspecified atom stereocenters. The first-order chi connectivity index (χ1) is 19.0. The van der Waals surface area contributed by atoms with E-state index in [2.05, 4.69) is 69.8 Å². The Balaban J connectivity index is 0.000000109. The lowest BCUT2D eigenvalue weighted by atomic mass is 9.65. The molecule has 3 heterocycles. The highest BCUT2D eigenvalue weighted by molar-refractivity contribution is 9.11. The van der Waals surface area contributed by atoms with Crippen molar-refractivity contribution in [1.82, 2.24) is 0 Å². The van der Waals surface area contributed by atoms with Gasteiger partial charge in [0.25, 0.3) is 0 Å². The molecule has 0 saturated heterocycles. The highest BCUT2D eigenvalue weighted by atomic mass is 79.9. The third-order valence-electron chi connectivity index (χ3n) is 8.79. The Labute approximate surface area is 258 Å². The fourth-order valence-electron chi connectivity index (χ4n) is 6.02. The minimum atomic E-state index is -0.393. The second-order valence-corrected chi connectivity index (χ2v) is 14.3. The van der Waals surface area contributed by atoms with E-state index in [9.17, 15) is 14.4 Å². The van der Waals surface area contributed by atoms with Crippen LogP contribution < -0.4 is 16.0 Å². The monoisotopic (exact) mass is 727 g/mol. The lowest BCUT2D eigenvalue weighted by molar-refractivity contribution is -0.123. The Bertz CT molecular complexity index is 1530. The van der Waals surface area contributed by atoms with Gasteiger partial charge in [0, 0.05) is 30.5 Å². The van der Waals surface area contributed by atoms with Gasteiger partial charge in [-0.25, -0.2) is 0 Å². The van der Waals surface area contributed by atoms with Crippen molar-refractivity contribution in [2.24, 2.45) is 0 Å². The lowest BCUT2D eigenvalue weighted by Crippen LogP contribution is -2.40. The normalized spacial score (nSPS) is 20.5. The van der Waals surface area contributed by atoms with Crippen molar-refractivity contribution in [3.8, 4) is 0 Å². The number of anilines is 3. The molecule has 3 aromatic carbocycles. The highest BCUT2D eigenvalue weighted by Crippen LogP contribution is 2.55. The van der Waals surface area contributed by atoms with Gasteiger partial charge < -0.3 is 16.0 Å².